The van der Waals surface area contributed by atoms with Gasteiger partial charge in [-0.25, -0.2) is 4.79 Å². The number of aromatic nitrogens is 1. The number of hydrogen-bond acceptors (Lipinski definition) is 6. The first-order valence-electron chi connectivity index (χ1n) is 9.04. The number of carboxylic acid groups (broad SMARTS) is 1. The monoisotopic (exact) mass is 419 g/mol. The second-order valence-electron chi connectivity index (χ2n) is 6.77. The van der Waals surface area contributed by atoms with Gasteiger partial charge in [0.1, 0.15) is 0 Å². The van der Waals surface area contributed by atoms with Gasteiger partial charge in [-0.3, -0.25) is 14.7 Å². The Labute approximate surface area is 166 Å². The molecule has 8 nitrogen and oxygen atoms in total. The fourth-order valence-electron chi connectivity index (χ4n) is 3.24. The molecule has 2 bridgehead atoms. The molecule has 11 heteroatoms. The molecule has 0 spiro atoms. The molecule has 29 heavy (non-hydrogen) atoms. The molecule has 2 N–H and O–H groups in total. The fraction of sp³-hybridized carbons (Fsp3) is 0.611. The molecule has 3 unspecified atom stereocenters. The molecule has 0 aliphatic carbocycles. The molecule has 3 heterocycles. The number of carbonyl (C=O) groups is 2. The van der Waals surface area contributed by atoms with Gasteiger partial charge in [0.25, 0.3) is 0 Å². The van der Waals surface area contributed by atoms with Crippen LogP contribution < -0.4 is 5.32 Å². The summed E-state index contributed by atoms with van der Waals surface area (Å²) >= 11 is 0. The number of carboxylic acids is 1. The van der Waals surface area contributed by atoms with Crippen molar-refractivity contribution >= 4 is 11.9 Å². The highest BCUT2D eigenvalue weighted by Gasteiger charge is 2.44. The van der Waals surface area contributed by atoms with E-state index in [0.29, 0.717) is 6.54 Å². The summed E-state index contributed by atoms with van der Waals surface area (Å²) in [7, 11) is 1.71. The predicted molar refractivity (Wildman–Crippen MR) is 94.9 cm³/mol. The lowest BCUT2D eigenvalue weighted by Gasteiger charge is -2.32. The highest BCUT2D eigenvalue weighted by atomic mass is 19.4. The Balaban J connectivity index is 0.000000370. The van der Waals surface area contributed by atoms with Gasteiger partial charge in [0.2, 0.25) is 5.91 Å². The maximum absolute atomic E-state index is 12.4. The Hall–Kier alpha value is -2.24. The number of carbonyl (C=O) groups excluding carboxylic acids is 1. The lowest BCUT2D eigenvalue weighted by Crippen LogP contribution is -2.46. The van der Waals surface area contributed by atoms with Crippen molar-refractivity contribution in [1.29, 1.82) is 0 Å². The van der Waals surface area contributed by atoms with Crippen LogP contribution in [0.5, 0.6) is 0 Å². The third-order valence-corrected chi connectivity index (χ3v) is 4.61. The largest absolute Gasteiger partial charge is 0.490 e. The third kappa shape index (κ3) is 7.26. The number of methoxy groups -OCH3 is 1. The number of ether oxygens (including phenoxy) is 2. The van der Waals surface area contributed by atoms with Crippen molar-refractivity contribution < 1.29 is 37.3 Å². The molecule has 162 valence electrons. The zero-order chi connectivity index (χ0) is 21.4. The van der Waals surface area contributed by atoms with Crippen LogP contribution in [0.3, 0.4) is 0 Å². The number of morpholine rings is 1. The standard InChI is InChI=1S/C16H23N3O3.C2HF3O2/c1-21-6-5-19-10-13-7-14(15(11-19)22-13)16(20)18-9-12-3-2-4-17-8-12;3-2(4,5)1(6)7/h2-4,8,13-15H,5-7,9-11H2,1H3,(H,18,20);(H,6,7). The van der Waals surface area contributed by atoms with Crippen LogP contribution in [0, 0.1) is 5.92 Å². The summed E-state index contributed by atoms with van der Waals surface area (Å²) in [4.78, 5) is 27.7. The number of aliphatic carboxylic acids is 1. The minimum atomic E-state index is -5.08. The van der Waals surface area contributed by atoms with Crippen LogP contribution in [0.1, 0.15) is 12.0 Å². The van der Waals surface area contributed by atoms with E-state index in [0.717, 1.165) is 38.2 Å². The second kappa shape index (κ2) is 10.5. The van der Waals surface area contributed by atoms with E-state index < -0.39 is 12.1 Å². The van der Waals surface area contributed by atoms with E-state index in [1.54, 1.807) is 19.5 Å². The SMILES string of the molecule is COCCN1CC2CC(C(=O)NCc3cccnc3)C(C1)O2.O=C(O)C(F)(F)F. The zero-order valence-corrected chi connectivity index (χ0v) is 15.9. The minimum Gasteiger partial charge on any atom is -0.475 e. The first-order valence-corrected chi connectivity index (χ1v) is 9.04. The van der Waals surface area contributed by atoms with Gasteiger partial charge < -0.3 is 19.9 Å². The Kier molecular flexibility index (Phi) is 8.35. The topological polar surface area (TPSA) is 101 Å². The maximum atomic E-state index is 12.4. The highest BCUT2D eigenvalue weighted by molar-refractivity contribution is 5.79. The summed E-state index contributed by atoms with van der Waals surface area (Å²) in [5.41, 5.74) is 1.01. The number of pyridine rings is 1. The molecule has 1 aromatic heterocycles. The normalized spacial score (nSPS) is 23.8. The number of nitrogens with zero attached hydrogens (tertiary/aromatic N) is 2. The van der Waals surface area contributed by atoms with Crippen molar-refractivity contribution in [2.75, 3.05) is 33.4 Å². The van der Waals surface area contributed by atoms with E-state index in [9.17, 15) is 18.0 Å². The third-order valence-electron chi connectivity index (χ3n) is 4.61. The summed E-state index contributed by atoms with van der Waals surface area (Å²) in [5.74, 6) is -2.72. The van der Waals surface area contributed by atoms with E-state index >= 15 is 0 Å². The smallest absolute Gasteiger partial charge is 0.475 e. The van der Waals surface area contributed by atoms with Gasteiger partial charge in [-0.05, 0) is 18.1 Å². The summed E-state index contributed by atoms with van der Waals surface area (Å²) in [6, 6.07) is 3.84. The van der Waals surface area contributed by atoms with Crippen LogP contribution in [0.2, 0.25) is 0 Å². The lowest BCUT2D eigenvalue weighted by atomic mass is 9.99. The Bertz CT molecular complexity index is 674. The van der Waals surface area contributed by atoms with Crippen molar-refractivity contribution in [3.63, 3.8) is 0 Å². The first-order chi connectivity index (χ1) is 13.7. The summed E-state index contributed by atoms with van der Waals surface area (Å²) < 4.78 is 42.8. The molecule has 3 atom stereocenters. The van der Waals surface area contributed by atoms with Crippen molar-refractivity contribution in [2.24, 2.45) is 5.92 Å². The Morgan fingerprint density at radius 3 is 2.72 bits per heavy atom. The Morgan fingerprint density at radius 1 is 1.41 bits per heavy atom. The van der Waals surface area contributed by atoms with E-state index in [4.69, 9.17) is 19.4 Å². The summed E-state index contributed by atoms with van der Waals surface area (Å²) in [5, 5.41) is 10.1. The van der Waals surface area contributed by atoms with Gasteiger partial charge >= 0.3 is 12.1 Å². The highest BCUT2D eigenvalue weighted by Crippen LogP contribution is 2.32. The van der Waals surface area contributed by atoms with Crippen LogP contribution in [-0.2, 0) is 25.6 Å². The van der Waals surface area contributed by atoms with E-state index in [1.165, 1.54) is 0 Å². The molecule has 0 radical (unpaired) electrons. The van der Waals surface area contributed by atoms with Gasteiger partial charge in [0.15, 0.2) is 0 Å². The van der Waals surface area contributed by atoms with Crippen molar-refractivity contribution in [3.8, 4) is 0 Å². The molecule has 2 aliphatic heterocycles. The zero-order valence-electron chi connectivity index (χ0n) is 15.9. The van der Waals surface area contributed by atoms with Gasteiger partial charge in [0.05, 0.1) is 24.7 Å². The van der Waals surface area contributed by atoms with E-state index in [-0.39, 0.29) is 24.0 Å². The minimum absolute atomic E-state index is 0.00417. The van der Waals surface area contributed by atoms with Crippen molar-refractivity contribution in [3.05, 3.63) is 30.1 Å². The number of fused-ring (bicyclic) bond motifs is 2. The number of hydrogen-bond donors (Lipinski definition) is 2. The number of halogens is 3. The number of nitrogens with one attached hydrogen (secondary N) is 1. The summed E-state index contributed by atoms with van der Waals surface area (Å²) in [6.07, 6.45) is -0.591. The van der Waals surface area contributed by atoms with Crippen molar-refractivity contribution in [1.82, 2.24) is 15.2 Å². The first kappa shape index (κ1) is 23.0. The maximum Gasteiger partial charge on any atom is 0.490 e. The molecule has 0 aromatic carbocycles. The fourth-order valence-corrected chi connectivity index (χ4v) is 3.24. The molecule has 2 aliphatic rings. The molecule has 1 amide bonds. The average Bonchev–Trinajstić information content (AvgIpc) is 2.99. The van der Waals surface area contributed by atoms with Gasteiger partial charge in [-0.2, -0.15) is 13.2 Å². The van der Waals surface area contributed by atoms with Gasteiger partial charge in [-0.1, -0.05) is 6.07 Å². The second-order valence-corrected chi connectivity index (χ2v) is 6.77. The number of likely N-dealkylation sites (tertiary alicyclic amines) is 1. The number of alkyl halides is 3. The van der Waals surface area contributed by atoms with Crippen LogP contribution >= 0.6 is 0 Å². The molecule has 0 saturated carbocycles. The number of amides is 1. The van der Waals surface area contributed by atoms with E-state index in [2.05, 4.69) is 15.2 Å². The molecule has 2 saturated heterocycles. The summed E-state index contributed by atoms with van der Waals surface area (Å²) in [6.45, 7) is 3.85. The lowest BCUT2D eigenvalue weighted by molar-refractivity contribution is -0.192. The van der Waals surface area contributed by atoms with E-state index in [1.807, 2.05) is 12.1 Å². The molecule has 3 rings (SSSR count). The molecular formula is C18H24F3N3O5. The quantitative estimate of drug-likeness (QED) is 0.711. The van der Waals surface area contributed by atoms with Crippen LogP contribution in [0.4, 0.5) is 13.2 Å². The van der Waals surface area contributed by atoms with Gasteiger partial charge in [0, 0.05) is 45.7 Å². The van der Waals surface area contributed by atoms with Crippen LogP contribution in [-0.4, -0.2) is 78.6 Å². The Morgan fingerprint density at radius 2 is 2.14 bits per heavy atom. The predicted octanol–water partition coefficient (Wildman–Crippen LogP) is 1.07. The van der Waals surface area contributed by atoms with Gasteiger partial charge in [-0.15, -0.1) is 0 Å². The van der Waals surface area contributed by atoms with Crippen molar-refractivity contribution in [2.45, 2.75) is 31.3 Å². The molecule has 2 fully saturated rings. The molecular weight excluding hydrogens is 395 g/mol. The molecule has 1 aromatic rings. The number of rotatable bonds is 6. The van der Waals surface area contributed by atoms with Crippen LogP contribution in [0.25, 0.3) is 0 Å². The van der Waals surface area contributed by atoms with Crippen LogP contribution in [0.15, 0.2) is 24.5 Å². The average molecular weight is 419 g/mol.